The van der Waals surface area contributed by atoms with E-state index in [9.17, 15) is 0 Å². The van der Waals surface area contributed by atoms with Gasteiger partial charge in [0.25, 0.3) is 6.33 Å². The predicted molar refractivity (Wildman–Crippen MR) is 235 cm³/mol. The van der Waals surface area contributed by atoms with Crippen LogP contribution >= 0.6 is 0 Å². The summed E-state index contributed by atoms with van der Waals surface area (Å²) in [6.07, 6.45) is 5.61. The van der Waals surface area contributed by atoms with Crippen LogP contribution in [0, 0.1) is 18.5 Å². The van der Waals surface area contributed by atoms with Gasteiger partial charge in [-0.1, -0.05) is 125 Å². The number of benzene rings is 5. The molecule has 8 aromatic rings. The van der Waals surface area contributed by atoms with E-state index in [1.165, 1.54) is 27.6 Å². The van der Waals surface area contributed by atoms with Crippen LogP contribution in [0.5, 0.6) is 11.5 Å². The largest absolute Gasteiger partial charge is 0.510 e. The van der Waals surface area contributed by atoms with Crippen LogP contribution in [0.2, 0.25) is 0 Å². The van der Waals surface area contributed by atoms with Gasteiger partial charge >= 0.3 is 0 Å². The molecule has 6 heteroatoms. The first-order chi connectivity index (χ1) is 26.8. The number of imidazole rings is 1. The summed E-state index contributed by atoms with van der Waals surface area (Å²) in [5.74, 6) is 2.06. The van der Waals surface area contributed by atoms with Crippen molar-refractivity contribution in [1.82, 2.24) is 14.1 Å². The van der Waals surface area contributed by atoms with Gasteiger partial charge in [-0.15, -0.1) is 29.7 Å². The van der Waals surface area contributed by atoms with E-state index in [1.54, 1.807) is 0 Å². The van der Waals surface area contributed by atoms with E-state index in [1.807, 2.05) is 24.4 Å². The van der Waals surface area contributed by atoms with Gasteiger partial charge in [-0.2, -0.15) is 18.2 Å². The van der Waals surface area contributed by atoms with E-state index in [0.29, 0.717) is 11.5 Å². The zero-order valence-corrected chi connectivity index (χ0v) is 38.2. The van der Waals surface area contributed by atoms with Crippen LogP contribution in [0.25, 0.3) is 50.0 Å². The monoisotopic (exact) mass is 945 g/mol. The molecule has 0 radical (unpaired) electrons. The van der Waals surface area contributed by atoms with Crippen molar-refractivity contribution < 1.29 is 30.4 Å². The summed E-state index contributed by atoms with van der Waals surface area (Å²) >= 11 is 0. The van der Waals surface area contributed by atoms with Crippen molar-refractivity contribution in [2.24, 2.45) is 0 Å². The molecule has 300 valence electrons. The Labute approximate surface area is 359 Å². The summed E-state index contributed by atoms with van der Waals surface area (Å²) in [4.78, 5) is 4.90. The third-order valence-electron chi connectivity index (χ3n) is 11.1. The Kier molecular flexibility index (Phi) is 10.4. The summed E-state index contributed by atoms with van der Waals surface area (Å²) in [5, 5.41) is 2.27. The summed E-state index contributed by atoms with van der Waals surface area (Å²) in [6.45, 7) is 27.0. The molecule has 58 heavy (non-hydrogen) atoms. The number of hydrogen-bond donors (Lipinski definition) is 0. The van der Waals surface area contributed by atoms with Gasteiger partial charge in [0, 0.05) is 44.3 Å². The molecule has 0 aliphatic heterocycles. The van der Waals surface area contributed by atoms with Crippen molar-refractivity contribution in [2.45, 2.75) is 105 Å². The number of ether oxygens (including phenoxy) is 1. The normalized spacial score (nSPS) is 12.7. The number of fused-ring (bicyclic) bond motifs is 4. The van der Waals surface area contributed by atoms with Gasteiger partial charge < -0.3 is 13.9 Å². The fourth-order valence-corrected chi connectivity index (χ4v) is 7.50. The molecule has 0 fully saturated rings. The Morgan fingerprint density at radius 3 is 1.88 bits per heavy atom. The molecule has 0 N–H and O–H groups in total. The fraction of sp³-hybridized carbons (Fsp3) is 0.308. The van der Waals surface area contributed by atoms with Gasteiger partial charge in [0.2, 0.25) is 0 Å². The van der Waals surface area contributed by atoms with Gasteiger partial charge in [0.1, 0.15) is 5.82 Å². The molecular formula is C52H54N4OPt-2. The van der Waals surface area contributed by atoms with Gasteiger partial charge in [0.05, 0.1) is 16.7 Å². The minimum absolute atomic E-state index is 0. The first kappa shape index (κ1) is 41.2. The van der Waals surface area contributed by atoms with E-state index in [4.69, 9.17) is 9.72 Å². The van der Waals surface area contributed by atoms with Gasteiger partial charge in [-0.25, -0.2) is 4.98 Å². The molecule has 0 atom stereocenters. The maximum atomic E-state index is 6.65. The van der Waals surface area contributed by atoms with Gasteiger partial charge in [-0.3, -0.25) is 4.57 Å². The quantitative estimate of drug-likeness (QED) is 0.127. The topological polar surface area (TPSA) is 35.9 Å². The Balaban J connectivity index is 0.00000512. The molecule has 8 rings (SSSR count). The van der Waals surface area contributed by atoms with Gasteiger partial charge in [0.15, 0.2) is 0 Å². The first-order valence-corrected chi connectivity index (χ1v) is 20.1. The molecular weight excluding hydrogens is 892 g/mol. The SMILES string of the molecule is CC(C)(C)c1cccc(-[n+]2[c-]n(-c3[c-]c(Oc4[c-]c5c(cc4)c4cc(C(C)(C)C)ccc4n5-c4cc(C(C)(C)C)ccn4)ccc3)c3cc(C(C)(C)C)ccc32)c1.[Pt]. The van der Waals surface area contributed by atoms with Crippen LogP contribution < -0.4 is 9.30 Å². The minimum Gasteiger partial charge on any atom is -0.510 e. The molecule has 5 nitrogen and oxygen atoms in total. The Hall–Kier alpha value is -4.99. The second-order valence-electron chi connectivity index (χ2n) is 19.6. The molecule has 3 heterocycles. The Bertz CT molecular complexity index is 2810. The summed E-state index contributed by atoms with van der Waals surface area (Å²) < 4.78 is 13.1. The fourth-order valence-electron chi connectivity index (χ4n) is 7.50. The Morgan fingerprint density at radius 1 is 0.552 bits per heavy atom. The number of pyridine rings is 1. The third-order valence-corrected chi connectivity index (χ3v) is 11.1. The maximum Gasteiger partial charge on any atom is 0.268 e. The standard InChI is InChI=1S/C52H54N4O.Pt/c1-49(2,3)34-15-13-16-38(27-34)54-33-55(47-29-36(51(7,8)9)20-24-45(47)54)39-17-14-18-40(31-39)57-41-21-22-42-43-28-35(50(4,5)6)19-23-44(43)56(46(42)32-41)48-30-37(25-26-53-48)52(10,11)12;/h13-30H,1-12H3;/q-2;. The molecule has 0 unspecified atom stereocenters. The van der Waals surface area contributed by atoms with E-state index in [-0.39, 0.29) is 42.7 Å². The van der Waals surface area contributed by atoms with E-state index in [0.717, 1.165) is 44.6 Å². The number of aromatic nitrogens is 4. The van der Waals surface area contributed by atoms with E-state index >= 15 is 0 Å². The minimum atomic E-state index is -0.0266. The summed E-state index contributed by atoms with van der Waals surface area (Å²) in [7, 11) is 0. The van der Waals surface area contributed by atoms with Crippen molar-refractivity contribution in [3.05, 3.63) is 150 Å². The van der Waals surface area contributed by atoms with Crippen molar-refractivity contribution in [2.75, 3.05) is 0 Å². The first-order valence-electron chi connectivity index (χ1n) is 20.1. The predicted octanol–water partition coefficient (Wildman–Crippen LogP) is 12.8. The molecule has 0 saturated carbocycles. The smallest absolute Gasteiger partial charge is 0.268 e. The van der Waals surface area contributed by atoms with Crippen molar-refractivity contribution in [1.29, 1.82) is 0 Å². The number of nitrogens with zero attached hydrogens (tertiary/aromatic N) is 4. The van der Waals surface area contributed by atoms with Crippen LogP contribution in [0.3, 0.4) is 0 Å². The number of rotatable bonds is 5. The van der Waals surface area contributed by atoms with Crippen molar-refractivity contribution >= 4 is 32.8 Å². The molecule has 0 bridgehead atoms. The Morgan fingerprint density at radius 2 is 1.17 bits per heavy atom. The van der Waals surface area contributed by atoms with Crippen LogP contribution in [0.15, 0.2) is 109 Å². The summed E-state index contributed by atoms with van der Waals surface area (Å²) in [6, 6.07) is 44.0. The van der Waals surface area contributed by atoms with Crippen molar-refractivity contribution in [3.8, 4) is 28.7 Å². The van der Waals surface area contributed by atoms with E-state index in [2.05, 4.69) is 200 Å². The summed E-state index contributed by atoms with van der Waals surface area (Å²) in [5.41, 5.74) is 11.0. The molecule has 0 saturated heterocycles. The second kappa shape index (κ2) is 14.7. The second-order valence-corrected chi connectivity index (χ2v) is 19.6. The zero-order chi connectivity index (χ0) is 40.7. The zero-order valence-electron chi connectivity index (χ0n) is 35.9. The average molecular weight is 946 g/mol. The molecule has 0 aliphatic rings. The van der Waals surface area contributed by atoms with Crippen LogP contribution in [0.1, 0.15) is 105 Å². The molecule has 3 aromatic heterocycles. The third kappa shape index (κ3) is 7.78. The van der Waals surface area contributed by atoms with Crippen LogP contribution in [-0.2, 0) is 42.7 Å². The number of hydrogen-bond acceptors (Lipinski definition) is 2. The van der Waals surface area contributed by atoms with Crippen molar-refractivity contribution in [3.63, 3.8) is 0 Å². The maximum absolute atomic E-state index is 6.65. The molecule has 0 aliphatic carbocycles. The molecule has 0 spiro atoms. The van der Waals surface area contributed by atoms with Crippen LogP contribution in [0.4, 0.5) is 0 Å². The van der Waals surface area contributed by atoms with Gasteiger partial charge in [-0.05, 0) is 91.4 Å². The van der Waals surface area contributed by atoms with Crippen LogP contribution in [-0.4, -0.2) is 14.1 Å². The molecule has 0 amide bonds. The van der Waals surface area contributed by atoms with E-state index < -0.39 is 0 Å². The average Bonchev–Trinajstić information content (AvgIpc) is 3.69. The molecule has 5 aromatic carbocycles.